The molecular weight excluding hydrogens is 269 g/mol. The van der Waals surface area contributed by atoms with Crippen LogP contribution in [-0.2, 0) is 10.2 Å². The van der Waals surface area contributed by atoms with Gasteiger partial charge in [0.05, 0.1) is 12.0 Å². The number of aliphatic hydroxyl groups is 1. The minimum Gasteiger partial charge on any atom is -0.389 e. The molecule has 2 saturated carbocycles. The lowest BCUT2D eigenvalue weighted by atomic mass is 9.94. The number of benzene rings is 1. The van der Waals surface area contributed by atoms with Gasteiger partial charge in [0.2, 0.25) is 5.91 Å². The van der Waals surface area contributed by atoms with Crippen LogP contribution in [0.25, 0.3) is 0 Å². The Balaban J connectivity index is 1.56. The maximum atomic E-state index is 13.3. The SMILES string of the molecule is O=C(CC1(O)CCCC1)NCC1(c2cccc(F)c2)CC1. The molecule has 3 nitrogen and oxygen atoms in total. The summed E-state index contributed by atoms with van der Waals surface area (Å²) in [6.07, 6.45) is 5.56. The van der Waals surface area contributed by atoms with Crippen LogP contribution < -0.4 is 5.32 Å². The van der Waals surface area contributed by atoms with Gasteiger partial charge in [-0.2, -0.15) is 0 Å². The Morgan fingerprint density at radius 3 is 2.57 bits per heavy atom. The van der Waals surface area contributed by atoms with Crippen molar-refractivity contribution >= 4 is 5.91 Å². The summed E-state index contributed by atoms with van der Waals surface area (Å²) in [6, 6.07) is 6.64. The summed E-state index contributed by atoms with van der Waals surface area (Å²) < 4.78 is 13.3. The third-order valence-corrected chi connectivity index (χ3v) is 4.94. The zero-order valence-electron chi connectivity index (χ0n) is 12.2. The van der Waals surface area contributed by atoms with E-state index in [4.69, 9.17) is 0 Å². The zero-order valence-corrected chi connectivity index (χ0v) is 12.2. The summed E-state index contributed by atoms with van der Waals surface area (Å²) in [5, 5.41) is 13.2. The van der Waals surface area contributed by atoms with Crippen LogP contribution in [0.4, 0.5) is 4.39 Å². The third kappa shape index (κ3) is 3.26. The van der Waals surface area contributed by atoms with E-state index in [1.165, 1.54) is 6.07 Å². The van der Waals surface area contributed by atoms with E-state index in [1.807, 2.05) is 6.07 Å². The van der Waals surface area contributed by atoms with Crippen molar-refractivity contribution in [3.8, 4) is 0 Å². The fourth-order valence-electron chi connectivity index (χ4n) is 3.38. The first kappa shape index (κ1) is 14.5. The van der Waals surface area contributed by atoms with Crippen LogP contribution in [-0.4, -0.2) is 23.2 Å². The van der Waals surface area contributed by atoms with Crippen LogP contribution in [0, 0.1) is 5.82 Å². The van der Waals surface area contributed by atoms with Gasteiger partial charge in [0.1, 0.15) is 5.82 Å². The Hall–Kier alpha value is -1.42. The number of amides is 1. The van der Waals surface area contributed by atoms with Gasteiger partial charge in [-0.15, -0.1) is 0 Å². The fraction of sp³-hybridized carbons (Fsp3) is 0.588. The number of nitrogens with one attached hydrogen (secondary N) is 1. The van der Waals surface area contributed by atoms with E-state index < -0.39 is 5.60 Å². The van der Waals surface area contributed by atoms with Gasteiger partial charge < -0.3 is 10.4 Å². The first-order valence-corrected chi connectivity index (χ1v) is 7.77. The number of halogens is 1. The van der Waals surface area contributed by atoms with Crippen molar-refractivity contribution in [2.45, 2.75) is 56.0 Å². The Bertz CT molecular complexity index is 533. The van der Waals surface area contributed by atoms with Gasteiger partial charge in [0.15, 0.2) is 0 Å². The zero-order chi connectivity index (χ0) is 14.9. The lowest BCUT2D eigenvalue weighted by molar-refractivity contribution is -0.126. The first-order valence-electron chi connectivity index (χ1n) is 7.77. The van der Waals surface area contributed by atoms with Crippen molar-refractivity contribution in [1.82, 2.24) is 5.32 Å². The predicted octanol–water partition coefficient (Wildman–Crippen LogP) is 2.67. The van der Waals surface area contributed by atoms with Gasteiger partial charge in [-0.05, 0) is 43.4 Å². The van der Waals surface area contributed by atoms with Crippen molar-refractivity contribution in [3.05, 3.63) is 35.6 Å². The van der Waals surface area contributed by atoms with E-state index in [1.54, 1.807) is 12.1 Å². The maximum absolute atomic E-state index is 13.3. The Morgan fingerprint density at radius 1 is 1.24 bits per heavy atom. The lowest BCUT2D eigenvalue weighted by Gasteiger charge is -2.22. The molecule has 2 fully saturated rings. The molecule has 114 valence electrons. The monoisotopic (exact) mass is 291 g/mol. The molecule has 0 aliphatic heterocycles. The summed E-state index contributed by atoms with van der Waals surface area (Å²) >= 11 is 0. The summed E-state index contributed by atoms with van der Waals surface area (Å²) in [5.74, 6) is -0.326. The minimum absolute atomic E-state index is 0.0953. The molecule has 1 amide bonds. The molecule has 2 aliphatic carbocycles. The van der Waals surface area contributed by atoms with Gasteiger partial charge in [-0.25, -0.2) is 4.39 Å². The van der Waals surface area contributed by atoms with Crippen LogP contribution in [0.3, 0.4) is 0 Å². The van der Waals surface area contributed by atoms with E-state index >= 15 is 0 Å². The first-order chi connectivity index (χ1) is 10.0. The van der Waals surface area contributed by atoms with E-state index in [-0.39, 0.29) is 23.6 Å². The molecule has 0 atom stereocenters. The predicted molar refractivity (Wildman–Crippen MR) is 78.4 cm³/mol. The molecule has 0 aromatic heterocycles. The second kappa shape index (κ2) is 5.41. The second-order valence-corrected chi connectivity index (χ2v) is 6.68. The highest BCUT2D eigenvalue weighted by molar-refractivity contribution is 5.77. The highest BCUT2D eigenvalue weighted by atomic mass is 19.1. The smallest absolute Gasteiger partial charge is 0.222 e. The summed E-state index contributed by atoms with van der Waals surface area (Å²) in [6.45, 7) is 0.533. The number of hydrogen-bond acceptors (Lipinski definition) is 2. The standard InChI is InChI=1S/C17H22FNO2/c18-14-5-3-4-13(10-14)16(8-9-16)12-19-15(20)11-17(21)6-1-2-7-17/h3-5,10,21H,1-2,6-9,11-12H2,(H,19,20). The molecule has 0 unspecified atom stereocenters. The van der Waals surface area contributed by atoms with E-state index in [0.717, 1.165) is 44.1 Å². The van der Waals surface area contributed by atoms with Crippen LogP contribution in [0.15, 0.2) is 24.3 Å². The third-order valence-electron chi connectivity index (χ3n) is 4.94. The molecule has 0 spiro atoms. The Kier molecular flexibility index (Phi) is 3.74. The number of carbonyl (C=O) groups is 1. The number of carbonyl (C=O) groups excluding carboxylic acids is 1. The molecule has 0 radical (unpaired) electrons. The quantitative estimate of drug-likeness (QED) is 0.876. The molecular formula is C17H22FNO2. The van der Waals surface area contributed by atoms with Gasteiger partial charge in [0.25, 0.3) is 0 Å². The molecule has 1 aromatic rings. The highest BCUT2D eigenvalue weighted by Crippen LogP contribution is 2.47. The van der Waals surface area contributed by atoms with Gasteiger partial charge >= 0.3 is 0 Å². The molecule has 0 bridgehead atoms. The van der Waals surface area contributed by atoms with Crippen LogP contribution in [0.5, 0.6) is 0 Å². The molecule has 4 heteroatoms. The Morgan fingerprint density at radius 2 is 1.95 bits per heavy atom. The van der Waals surface area contributed by atoms with Crippen molar-refractivity contribution in [2.24, 2.45) is 0 Å². The van der Waals surface area contributed by atoms with E-state index in [0.29, 0.717) is 6.54 Å². The summed E-state index contributed by atoms with van der Waals surface area (Å²) in [5.41, 5.74) is 0.0535. The normalized spacial score (nSPS) is 22.0. The topological polar surface area (TPSA) is 49.3 Å². The second-order valence-electron chi connectivity index (χ2n) is 6.68. The largest absolute Gasteiger partial charge is 0.389 e. The van der Waals surface area contributed by atoms with Crippen LogP contribution >= 0.6 is 0 Å². The van der Waals surface area contributed by atoms with Crippen molar-refractivity contribution < 1.29 is 14.3 Å². The van der Waals surface area contributed by atoms with Crippen molar-refractivity contribution in [2.75, 3.05) is 6.54 Å². The molecule has 2 N–H and O–H groups in total. The van der Waals surface area contributed by atoms with Crippen LogP contribution in [0.1, 0.15) is 50.5 Å². The average molecular weight is 291 g/mol. The Labute approximate surface area is 124 Å². The minimum atomic E-state index is -0.806. The van der Waals surface area contributed by atoms with Gasteiger partial charge in [0, 0.05) is 12.0 Å². The molecule has 0 heterocycles. The van der Waals surface area contributed by atoms with Crippen molar-refractivity contribution in [3.63, 3.8) is 0 Å². The highest BCUT2D eigenvalue weighted by Gasteiger charge is 2.44. The van der Waals surface area contributed by atoms with Crippen molar-refractivity contribution in [1.29, 1.82) is 0 Å². The molecule has 3 rings (SSSR count). The summed E-state index contributed by atoms with van der Waals surface area (Å²) in [4.78, 5) is 12.0. The number of hydrogen-bond donors (Lipinski definition) is 2. The fourth-order valence-corrected chi connectivity index (χ4v) is 3.38. The van der Waals surface area contributed by atoms with Gasteiger partial charge in [-0.1, -0.05) is 25.0 Å². The lowest BCUT2D eigenvalue weighted by Crippen LogP contribution is -2.38. The molecule has 2 aliphatic rings. The van der Waals surface area contributed by atoms with E-state index in [9.17, 15) is 14.3 Å². The number of rotatable bonds is 5. The molecule has 21 heavy (non-hydrogen) atoms. The molecule has 1 aromatic carbocycles. The van der Waals surface area contributed by atoms with Crippen LogP contribution in [0.2, 0.25) is 0 Å². The van der Waals surface area contributed by atoms with Gasteiger partial charge in [-0.3, -0.25) is 4.79 Å². The summed E-state index contributed by atoms with van der Waals surface area (Å²) in [7, 11) is 0. The maximum Gasteiger partial charge on any atom is 0.222 e. The molecule has 0 saturated heterocycles. The average Bonchev–Trinajstić information content (AvgIpc) is 3.13. The van der Waals surface area contributed by atoms with E-state index in [2.05, 4.69) is 5.32 Å².